The fraction of sp³-hybridized carbons (Fsp3) is 0.500. The van der Waals surface area contributed by atoms with Crippen molar-refractivity contribution in [1.82, 2.24) is 9.97 Å². The van der Waals surface area contributed by atoms with Crippen LogP contribution in [0.2, 0.25) is 0 Å². The Bertz CT molecular complexity index is 218. The number of hydrogen-bond donors (Lipinski definition) is 1. The van der Waals surface area contributed by atoms with Crippen LogP contribution < -0.4 is 0 Å². The van der Waals surface area contributed by atoms with Gasteiger partial charge in [0.2, 0.25) is 0 Å². The first-order valence-electron chi connectivity index (χ1n) is 3.89. The van der Waals surface area contributed by atoms with Gasteiger partial charge in [0.1, 0.15) is 6.33 Å². The van der Waals surface area contributed by atoms with Gasteiger partial charge >= 0.3 is 0 Å². The summed E-state index contributed by atoms with van der Waals surface area (Å²) in [5, 5.41) is 10.2. The molecule has 0 aliphatic carbocycles. The van der Waals surface area contributed by atoms with Gasteiger partial charge in [-0.2, -0.15) is 0 Å². The number of aromatic nitrogens is 2. The van der Waals surface area contributed by atoms with Crippen LogP contribution in [-0.4, -0.2) is 26.9 Å². The topological polar surface area (TPSA) is 46.0 Å². The predicted octanol–water partition coefficient (Wildman–Crippen LogP) is 1.34. The smallest absolute Gasteiger partial charge is 0.116 e. The van der Waals surface area contributed by atoms with Crippen molar-refractivity contribution in [1.29, 1.82) is 0 Å². The molecular weight excluding hydrogens is 172 g/mol. The standard InChI is InChI=1S/C8H12N2OS/c1-2-7(11)5-12-8-3-4-9-6-10-8/h3-4,6-7,11H,2,5H2,1H3. The highest BCUT2D eigenvalue weighted by Gasteiger charge is 2.01. The van der Waals surface area contributed by atoms with Crippen molar-refractivity contribution in [3.05, 3.63) is 18.6 Å². The highest BCUT2D eigenvalue weighted by molar-refractivity contribution is 7.99. The molecule has 3 nitrogen and oxygen atoms in total. The molecule has 0 radical (unpaired) electrons. The van der Waals surface area contributed by atoms with Crippen LogP contribution in [0.1, 0.15) is 13.3 Å². The van der Waals surface area contributed by atoms with Gasteiger partial charge < -0.3 is 5.11 Å². The summed E-state index contributed by atoms with van der Waals surface area (Å²) in [6, 6.07) is 1.84. The Labute approximate surface area is 76.2 Å². The lowest BCUT2D eigenvalue weighted by molar-refractivity contribution is 0.195. The molecule has 0 aliphatic rings. The Morgan fingerprint density at radius 3 is 3.08 bits per heavy atom. The van der Waals surface area contributed by atoms with E-state index in [0.29, 0.717) is 5.75 Å². The Morgan fingerprint density at radius 2 is 2.50 bits per heavy atom. The minimum absolute atomic E-state index is 0.232. The van der Waals surface area contributed by atoms with Crippen LogP contribution >= 0.6 is 11.8 Å². The van der Waals surface area contributed by atoms with Crippen LogP contribution in [0.15, 0.2) is 23.6 Å². The average Bonchev–Trinajstić information content (AvgIpc) is 2.16. The Balaban J connectivity index is 2.33. The van der Waals surface area contributed by atoms with Gasteiger partial charge in [0, 0.05) is 11.9 Å². The molecule has 0 aliphatic heterocycles. The van der Waals surface area contributed by atoms with E-state index in [2.05, 4.69) is 9.97 Å². The lowest BCUT2D eigenvalue weighted by Crippen LogP contribution is -2.07. The quantitative estimate of drug-likeness (QED) is 0.566. The monoisotopic (exact) mass is 184 g/mol. The minimum Gasteiger partial charge on any atom is -0.392 e. The van der Waals surface area contributed by atoms with Crippen LogP contribution in [0.4, 0.5) is 0 Å². The van der Waals surface area contributed by atoms with Crippen molar-refractivity contribution < 1.29 is 5.11 Å². The lowest BCUT2D eigenvalue weighted by atomic mass is 10.3. The molecule has 1 aromatic rings. The summed E-state index contributed by atoms with van der Waals surface area (Å²) in [5.41, 5.74) is 0. The van der Waals surface area contributed by atoms with E-state index < -0.39 is 0 Å². The van der Waals surface area contributed by atoms with Gasteiger partial charge in [-0.15, -0.1) is 11.8 Å². The van der Waals surface area contributed by atoms with E-state index in [4.69, 9.17) is 0 Å². The van der Waals surface area contributed by atoms with Crippen LogP contribution in [0.25, 0.3) is 0 Å². The number of aliphatic hydroxyl groups excluding tert-OH is 1. The first-order valence-corrected chi connectivity index (χ1v) is 4.88. The van der Waals surface area contributed by atoms with E-state index >= 15 is 0 Å². The second-order valence-electron chi connectivity index (χ2n) is 2.42. The molecule has 0 saturated heterocycles. The largest absolute Gasteiger partial charge is 0.392 e. The van der Waals surface area contributed by atoms with E-state index in [-0.39, 0.29) is 6.10 Å². The Kier molecular flexibility index (Phi) is 4.04. The summed E-state index contributed by atoms with van der Waals surface area (Å²) in [6.45, 7) is 1.96. The molecule has 1 heterocycles. The summed E-state index contributed by atoms with van der Waals surface area (Å²) in [5.74, 6) is 0.702. The van der Waals surface area contributed by atoms with E-state index in [9.17, 15) is 5.11 Å². The highest BCUT2D eigenvalue weighted by Crippen LogP contribution is 2.15. The maximum absolute atomic E-state index is 9.26. The molecule has 0 bridgehead atoms. The summed E-state index contributed by atoms with van der Waals surface area (Å²) in [7, 11) is 0. The Hall–Kier alpha value is -0.610. The van der Waals surface area contributed by atoms with Crippen molar-refractivity contribution in [3.63, 3.8) is 0 Å². The maximum Gasteiger partial charge on any atom is 0.116 e. The normalized spacial score (nSPS) is 12.8. The summed E-state index contributed by atoms with van der Waals surface area (Å²) in [4.78, 5) is 7.83. The third-order valence-electron chi connectivity index (χ3n) is 1.45. The van der Waals surface area contributed by atoms with E-state index in [0.717, 1.165) is 11.4 Å². The summed E-state index contributed by atoms with van der Waals surface area (Å²) >= 11 is 1.55. The molecule has 0 spiro atoms. The van der Waals surface area contributed by atoms with Crippen molar-refractivity contribution >= 4 is 11.8 Å². The molecule has 1 atom stereocenters. The maximum atomic E-state index is 9.26. The van der Waals surface area contributed by atoms with Crippen molar-refractivity contribution in [2.45, 2.75) is 24.5 Å². The third kappa shape index (κ3) is 3.19. The highest BCUT2D eigenvalue weighted by atomic mass is 32.2. The van der Waals surface area contributed by atoms with Crippen molar-refractivity contribution in [2.24, 2.45) is 0 Å². The fourth-order valence-corrected chi connectivity index (χ4v) is 1.54. The summed E-state index contributed by atoms with van der Waals surface area (Å²) in [6.07, 6.45) is 3.77. The van der Waals surface area contributed by atoms with E-state index in [1.807, 2.05) is 13.0 Å². The zero-order chi connectivity index (χ0) is 8.81. The first-order chi connectivity index (χ1) is 5.83. The lowest BCUT2D eigenvalue weighted by Gasteiger charge is -2.05. The second-order valence-corrected chi connectivity index (χ2v) is 3.46. The van der Waals surface area contributed by atoms with Gasteiger partial charge in [0.25, 0.3) is 0 Å². The van der Waals surface area contributed by atoms with Crippen molar-refractivity contribution in [2.75, 3.05) is 5.75 Å². The molecule has 1 aromatic heterocycles. The SMILES string of the molecule is CCC(O)CSc1ccncn1. The predicted molar refractivity (Wildman–Crippen MR) is 49.1 cm³/mol. The van der Waals surface area contributed by atoms with Gasteiger partial charge in [-0.05, 0) is 12.5 Å². The first kappa shape index (κ1) is 9.48. The van der Waals surface area contributed by atoms with Gasteiger partial charge in [-0.3, -0.25) is 0 Å². The molecule has 1 unspecified atom stereocenters. The van der Waals surface area contributed by atoms with E-state index in [1.54, 1.807) is 18.0 Å². The van der Waals surface area contributed by atoms with Crippen LogP contribution in [0.3, 0.4) is 0 Å². The van der Waals surface area contributed by atoms with Crippen LogP contribution in [0.5, 0.6) is 0 Å². The molecule has 66 valence electrons. The number of hydrogen-bond acceptors (Lipinski definition) is 4. The molecule has 4 heteroatoms. The van der Waals surface area contributed by atoms with Crippen LogP contribution in [-0.2, 0) is 0 Å². The molecule has 0 aromatic carbocycles. The zero-order valence-corrected chi connectivity index (χ0v) is 7.79. The molecule has 12 heavy (non-hydrogen) atoms. The third-order valence-corrected chi connectivity index (χ3v) is 2.54. The second kappa shape index (κ2) is 5.11. The van der Waals surface area contributed by atoms with Gasteiger partial charge in [-0.1, -0.05) is 6.92 Å². The molecule has 0 saturated carbocycles. The van der Waals surface area contributed by atoms with Crippen molar-refractivity contribution in [3.8, 4) is 0 Å². The van der Waals surface area contributed by atoms with Crippen LogP contribution in [0, 0.1) is 0 Å². The molecule has 0 fully saturated rings. The number of rotatable bonds is 4. The molecule has 1 N–H and O–H groups in total. The molecule has 0 amide bonds. The number of nitrogens with zero attached hydrogens (tertiary/aromatic N) is 2. The Morgan fingerprint density at radius 1 is 1.67 bits per heavy atom. The van der Waals surface area contributed by atoms with E-state index in [1.165, 1.54) is 6.33 Å². The number of thioether (sulfide) groups is 1. The number of aliphatic hydroxyl groups is 1. The molecule has 1 rings (SSSR count). The minimum atomic E-state index is -0.232. The van der Waals surface area contributed by atoms with Gasteiger partial charge in [0.05, 0.1) is 11.1 Å². The average molecular weight is 184 g/mol. The van der Waals surface area contributed by atoms with Gasteiger partial charge in [0.15, 0.2) is 0 Å². The zero-order valence-electron chi connectivity index (χ0n) is 6.97. The molecular formula is C8H12N2OS. The van der Waals surface area contributed by atoms with Gasteiger partial charge in [-0.25, -0.2) is 9.97 Å². The summed E-state index contributed by atoms with van der Waals surface area (Å²) < 4.78 is 0. The fourth-order valence-electron chi connectivity index (χ4n) is 0.663.